The number of hydrogen-bond donors (Lipinski definition) is 3. The summed E-state index contributed by atoms with van der Waals surface area (Å²) >= 11 is 9.17. The van der Waals surface area contributed by atoms with E-state index in [-0.39, 0.29) is 18.2 Å². The van der Waals surface area contributed by atoms with Crippen molar-refractivity contribution in [1.82, 2.24) is 5.32 Å². The maximum Gasteiger partial charge on any atom is 0.321 e. The fourth-order valence-corrected chi connectivity index (χ4v) is 0.853. The summed E-state index contributed by atoms with van der Waals surface area (Å²) in [5.41, 5.74) is 0. The average molecular weight is 220 g/mol. The number of nitrogens with one attached hydrogen (secondary N) is 1. The largest absolute Gasteiger partial charge is 0.480 e. The third-order valence-electron chi connectivity index (χ3n) is 0.966. The summed E-state index contributed by atoms with van der Waals surface area (Å²) in [4.78, 5) is 10.3. The van der Waals surface area contributed by atoms with Gasteiger partial charge in [-0.15, -0.1) is 24.0 Å². The molecule has 0 saturated carbocycles. The van der Waals surface area contributed by atoms with Crippen molar-refractivity contribution in [3.8, 4) is 0 Å². The molecule has 0 amide bonds. The minimum Gasteiger partial charge on any atom is -0.480 e. The van der Waals surface area contributed by atoms with E-state index >= 15 is 0 Å². The predicted molar refractivity (Wildman–Crippen MR) is 51.2 cm³/mol. The Labute approximate surface area is 82.3 Å². The molecule has 0 heterocycles. The van der Waals surface area contributed by atoms with Crippen molar-refractivity contribution in [1.29, 1.82) is 0 Å². The summed E-state index contributed by atoms with van der Waals surface area (Å²) in [6, 6.07) is -0.581. The number of alkyl halides is 1. The van der Waals surface area contributed by atoms with Crippen molar-refractivity contribution in [2.45, 2.75) is 6.04 Å². The number of hydrogen-bond acceptors (Lipinski definition) is 3. The van der Waals surface area contributed by atoms with E-state index in [0.29, 0.717) is 12.4 Å². The fourth-order valence-electron chi connectivity index (χ4n) is 0.459. The molecule has 0 radical (unpaired) electrons. The summed E-state index contributed by atoms with van der Waals surface area (Å²) in [6.07, 6.45) is 0. The number of carbonyl (C=O) groups is 1. The Morgan fingerprint density at radius 2 is 2.27 bits per heavy atom. The number of halogens is 2. The average Bonchev–Trinajstić information content (AvgIpc) is 1.89. The second-order valence-electron chi connectivity index (χ2n) is 1.72. The van der Waals surface area contributed by atoms with Crippen molar-refractivity contribution in [3.05, 3.63) is 0 Å². The van der Waals surface area contributed by atoms with Crippen LogP contribution in [0, 0.1) is 0 Å². The molecular weight excluding hydrogens is 209 g/mol. The predicted octanol–water partition coefficient (Wildman–Crippen LogP) is 0.620. The molecule has 11 heavy (non-hydrogen) atoms. The summed E-state index contributed by atoms with van der Waals surface area (Å²) in [7, 11) is 0. The Morgan fingerprint density at radius 1 is 1.73 bits per heavy atom. The molecular formula is C5H11Cl2NO2S. The normalized spacial score (nSPS) is 11.8. The van der Waals surface area contributed by atoms with Crippen LogP contribution in [0.15, 0.2) is 0 Å². The lowest BCUT2D eigenvalue weighted by Crippen LogP contribution is -2.39. The van der Waals surface area contributed by atoms with Crippen LogP contribution >= 0.6 is 36.6 Å². The highest BCUT2D eigenvalue weighted by molar-refractivity contribution is 7.80. The van der Waals surface area contributed by atoms with Gasteiger partial charge in [-0.1, -0.05) is 0 Å². The highest BCUT2D eigenvalue weighted by Crippen LogP contribution is 1.87. The Balaban J connectivity index is 0. The Morgan fingerprint density at radius 3 is 2.55 bits per heavy atom. The molecule has 0 aromatic heterocycles. The van der Waals surface area contributed by atoms with Crippen LogP contribution in [0.5, 0.6) is 0 Å². The molecule has 0 fully saturated rings. The van der Waals surface area contributed by atoms with E-state index in [4.69, 9.17) is 16.7 Å². The number of thiol groups is 1. The fraction of sp³-hybridized carbons (Fsp3) is 0.800. The zero-order valence-electron chi connectivity index (χ0n) is 5.79. The number of aliphatic carboxylic acids is 1. The number of rotatable bonds is 5. The lowest BCUT2D eigenvalue weighted by molar-refractivity contribution is -0.138. The third-order valence-corrected chi connectivity index (χ3v) is 1.52. The highest BCUT2D eigenvalue weighted by Gasteiger charge is 2.12. The molecule has 0 aliphatic carbocycles. The number of carboxylic acid groups (broad SMARTS) is 1. The van der Waals surface area contributed by atoms with Crippen LogP contribution in [0.1, 0.15) is 0 Å². The third kappa shape index (κ3) is 6.75. The smallest absolute Gasteiger partial charge is 0.321 e. The molecule has 0 aliphatic rings. The quantitative estimate of drug-likeness (QED) is 0.470. The van der Waals surface area contributed by atoms with E-state index in [2.05, 4.69) is 17.9 Å². The van der Waals surface area contributed by atoms with Gasteiger partial charge < -0.3 is 10.4 Å². The molecule has 6 heteroatoms. The Hall–Kier alpha value is 0.360. The molecule has 2 N–H and O–H groups in total. The molecule has 3 nitrogen and oxygen atoms in total. The van der Waals surface area contributed by atoms with E-state index in [1.54, 1.807) is 0 Å². The van der Waals surface area contributed by atoms with Gasteiger partial charge in [-0.05, 0) is 0 Å². The maximum atomic E-state index is 10.3. The molecule has 0 spiro atoms. The summed E-state index contributed by atoms with van der Waals surface area (Å²) in [6.45, 7) is 0.499. The molecule has 0 rings (SSSR count). The van der Waals surface area contributed by atoms with Crippen LogP contribution in [0.3, 0.4) is 0 Å². The van der Waals surface area contributed by atoms with Crippen molar-refractivity contribution in [3.63, 3.8) is 0 Å². The van der Waals surface area contributed by atoms with E-state index in [0.717, 1.165) is 0 Å². The Kier molecular flexibility index (Phi) is 10.7. The second-order valence-corrected chi connectivity index (χ2v) is 2.46. The maximum absolute atomic E-state index is 10.3. The molecule has 68 valence electrons. The van der Waals surface area contributed by atoms with Crippen molar-refractivity contribution in [2.24, 2.45) is 0 Å². The first-order valence-electron chi connectivity index (χ1n) is 2.85. The summed E-state index contributed by atoms with van der Waals surface area (Å²) in [5, 5.41) is 11.2. The van der Waals surface area contributed by atoms with Crippen LogP contribution < -0.4 is 5.32 Å². The van der Waals surface area contributed by atoms with Gasteiger partial charge in [0, 0.05) is 18.2 Å². The van der Waals surface area contributed by atoms with Crippen LogP contribution in [0.2, 0.25) is 0 Å². The first-order valence-corrected chi connectivity index (χ1v) is 4.02. The first-order chi connectivity index (χ1) is 4.72. The Bertz CT molecular complexity index is 115. The van der Waals surface area contributed by atoms with Gasteiger partial charge in [0.25, 0.3) is 0 Å². The second kappa shape index (κ2) is 8.46. The molecule has 0 aromatic carbocycles. The van der Waals surface area contributed by atoms with Crippen LogP contribution in [-0.2, 0) is 4.79 Å². The van der Waals surface area contributed by atoms with E-state index < -0.39 is 12.0 Å². The van der Waals surface area contributed by atoms with Gasteiger partial charge >= 0.3 is 5.97 Å². The van der Waals surface area contributed by atoms with Gasteiger partial charge in [0.2, 0.25) is 0 Å². The van der Waals surface area contributed by atoms with Gasteiger partial charge in [0.15, 0.2) is 0 Å². The van der Waals surface area contributed by atoms with E-state index in [1.165, 1.54) is 0 Å². The number of carboxylic acids is 1. The molecule has 0 aromatic rings. The van der Waals surface area contributed by atoms with Gasteiger partial charge in [-0.3, -0.25) is 4.79 Å². The minimum absolute atomic E-state index is 0. The van der Waals surface area contributed by atoms with E-state index in [9.17, 15) is 4.79 Å². The molecule has 0 aliphatic heterocycles. The van der Waals surface area contributed by atoms with Crippen LogP contribution in [0.4, 0.5) is 0 Å². The minimum atomic E-state index is -0.889. The summed E-state index contributed by atoms with van der Waals surface area (Å²) < 4.78 is 0. The van der Waals surface area contributed by atoms with Crippen LogP contribution in [0.25, 0.3) is 0 Å². The van der Waals surface area contributed by atoms with E-state index in [1.807, 2.05) is 0 Å². The molecule has 1 atom stereocenters. The van der Waals surface area contributed by atoms with Gasteiger partial charge in [0.05, 0.1) is 0 Å². The lowest BCUT2D eigenvalue weighted by Gasteiger charge is -2.08. The lowest BCUT2D eigenvalue weighted by atomic mass is 10.3. The van der Waals surface area contributed by atoms with Crippen molar-refractivity contribution in [2.75, 3.05) is 18.2 Å². The van der Waals surface area contributed by atoms with Gasteiger partial charge in [-0.25, -0.2) is 0 Å². The molecule has 0 unspecified atom stereocenters. The zero-order valence-corrected chi connectivity index (χ0v) is 8.25. The monoisotopic (exact) mass is 219 g/mol. The van der Waals surface area contributed by atoms with Crippen molar-refractivity contribution >= 4 is 42.6 Å². The van der Waals surface area contributed by atoms with Gasteiger partial charge in [0.1, 0.15) is 6.04 Å². The van der Waals surface area contributed by atoms with Crippen LogP contribution in [-0.4, -0.2) is 35.3 Å². The highest BCUT2D eigenvalue weighted by atomic mass is 35.5. The standard InChI is InChI=1S/C5H10ClNO2S.ClH/c6-1-2-7-4(3-10)5(8)9;/h4,7,10H,1-3H2,(H,8,9);1H/t4-;/m0./s1. The SMILES string of the molecule is Cl.O=C(O)[C@H](CS)NCCCl. The first kappa shape index (κ1) is 13.9. The molecule has 0 bridgehead atoms. The summed E-state index contributed by atoms with van der Waals surface area (Å²) in [5.74, 6) is -0.191. The van der Waals surface area contributed by atoms with Crippen molar-refractivity contribution < 1.29 is 9.90 Å². The zero-order chi connectivity index (χ0) is 7.98. The molecule has 0 saturated heterocycles. The van der Waals surface area contributed by atoms with Gasteiger partial charge in [-0.2, -0.15) is 12.6 Å². The topological polar surface area (TPSA) is 49.3 Å².